The van der Waals surface area contributed by atoms with Crippen LogP contribution in [-0.4, -0.2) is 39.0 Å². The second kappa shape index (κ2) is 8.51. The highest BCUT2D eigenvalue weighted by Crippen LogP contribution is 2.17. The minimum atomic E-state index is -4.31. The quantitative estimate of drug-likeness (QED) is 0.750. The number of benzene rings is 1. The van der Waals surface area contributed by atoms with Crippen molar-refractivity contribution in [1.82, 2.24) is 5.32 Å². The average Bonchev–Trinajstić information content (AvgIpc) is 2.42. The molecule has 118 valence electrons. The number of rotatable bonds is 8. The summed E-state index contributed by atoms with van der Waals surface area (Å²) in [6.45, 7) is -1.04. The molecule has 0 aliphatic heterocycles. The van der Waals surface area contributed by atoms with Gasteiger partial charge in [-0.25, -0.2) is 0 Å². The first-order chi connectivity index (χ1) is 9.92. The minimum absolute atomic E-state index is 0.0472. The molecule has 1 aromatic rings. The molecule has 0 heterocycles. The molecule has 1 rings (SSSR count). The Morgan fingerprint density at radius 2 is 2.00 bits per heavy atom. The molecule has 0 bridgehead atoms. The van der Waals surface area contributed by atoms with Crippen molar-refractivity contribution in [3.63, 3.8) is 0 Å². The van der Waals surface area contributed by atoms with Crippen LogP contribution in [0.15, 0.2) is 24.3 Å². The molecule has 1 N–H and O–H groups in total. The van der Waals surface area contributed by atoms with E-state index in [1.165, 1.54) is 7.11 Å². The Kier molecular flexibility index (Phi) is 7.01. The van der Waals surface area contributed by atoms with Gasteiger partial charge in [0.1, 0.15) is 12.4 Å². The van der Waals surface area contributed by atoms with Gasteiger partial charge >= 0.3 is 6.18 Å². The molecule has 0 unspecified atom stereocenters. The second-order valence-electron chi connectivity index (χ2n) is 4.36. The van der Waals surface area contributed by atoms with Crippen LogP contribution in [-0.2, 0) is 16.0 Å². The van der Waals surface area contributed by atoms with E-state index >= 15 is 0 Å². The zero-order chi connectivity index (χ0) is 15.7. The molecule has 0 spiro atoms. The molecule has 0 saturated carbocycles. The zero-order valence-electron chi connectivity index (χ0n) is 11.7. The third-order valence-electron chi connectivity index (χ3n) is 2.60. The predicted octanol–water partition coefficient (Wildman–Crippen LogP) is 2.32. The number of carbonyl (C=O) groups excluding carboxylic acids is 1. The number of methoxy groups -OCH3 is 1. The highest BCUT2D eigenvalue weighted by Gasteiger charge is 2.27. The Bertz CT molecular complexity index is 449. The van der Waals surface area contributed by atoms with Gasteiger partial charge < -0.3 is 14.8 Å². The Balaban J connectivity index is 2.20. The molecule has 0 aliphatic carbocycles. The summed E-state index contributed by atoms with van der Waals surface area (Å²) in [5.74, 6) is 0.413. The lowest BCUT2D eigenvalue weighted by molar-refractivity contribution is -0.174. The SMILES string of the molecule is COc1ccccc1CC(=O)NCCCOCC(F)(F)F. The van der Waals surface area contributed by atoms with E-state index < -0.39 is 12.8 Å². The van der Waals surface area contributed by atoms with E-state index in [2.05, 4.69) is 10.1 Å². The van der Waals surface area contributed by atoms with Gasteiger partial charge in [-0.2, -0.15) is 13.2 Å². The molecule has 0 fully saturated rings. The Morgan fingerprint density at radius 3 is 2.67 bits per heavy atom. The number of para-hydroxylation sites is 1. The lowest BCUT2D eigenvalue weighted by atomic mass is 10.1. The first kappa shape index (κ1) is 17.3. The molecule has 7 heteroatoms. The van der Waals surface area contributed by atoms with Gasteiger partial charge in [0.05, 0.1) is 13.5 Å². The number of carbonyl (C=O) groups is 1. The number of alkyl halides is 3. The van der Waals surface area contributed by atoms with Crippen LogP contribution in [0.3, 0.4) is 0 Å². The number of hydrogen-bond acceptors (Lipinski definition) is 3. The summed E-state index contributed by atoms with van der Waals surface area (Å²) in [6.07, 6.45) is -3.83. The van der Waals surface area contributed by atoms with E-state index in [0.717, 1.165) is 5.56 Å². The largest absolute Gasteiger partial charge is 0.496 e. The molecule has 1 amide bonds. The van der Waals surface area contributed by atoms with Gasteiger partial charge in [0, 0.05) is 18.7 Å². The summed E-state index contributed by atoms with van der Waals surface area (Å²) in [5.41, 5.74) is 0.755. The number of nitrogens with one attached hydrogen (secondary N) is 1. The molecular formula is C14H18F3NO3. The van der Waals surface area contributed by atoms with Crippen molar-refractivity contribution in [3.05, 3.63) is 29.8 Å². The first-order valence-electron chi connectivity index (χ1n) is 6.45. The highest BCUT2D eigenvalue weighted by atomic mass is 19.4. The van der Waals surface area contributed by atoms with Crippen LogP contribution in [0, 0.1) is 0 Å². The fraction of sp³-hybridized carbons (Fsp3) is 0.500. The highest BCUT2D eigenvalue weighted by molar-refractivity contribution is 5.79. The number of hydrogen-bond donors (Lipinski definition) is 1. The molecular weight excluding hydrogens is 287 g/mol. The normalized spacial score (nSPS) is 11.2. The maximum atomic E-state index is 11.8. The smallest absolute Gasteiger partial charge is 0.411 e. The van der Waals surface area contributed by atoms with E-state index in [4.69, 9.17) is 4.74 Å². The lowest BCUT2D eigenvalue weighted by Crippen LogP contribution is -2.27. The third kappa shape index (κ3) is 7.55. The van der Waals surface area contributed by atoms with Gasteiger partial charge in [0.2, 0.25) is 5.91 Å². The van der Waals surface area contributed by atoms with E-state index in [1.54, 1.807) is 24.3 Å². The van der Waals surface area contributed by atoms with E-state index in [1.807, 2.05) is 0 Å². The second-order valence-corrected chi connectivity index (χ2v) is 4.36. The van der Waals surface area contributed by atoms with Gasteiger partial charge in [-0.3, -0.25) is 4.79 Å². The maximum Gasteiger partial charge on any atom is 0.411 e. The number of halogens is 3. The lowest BCUT2D eigenvalue weighted by Gasteiger charge is -2.09. The van der Waals surface area contributed by atoms with Crippen molar-refractivity contribution >= 4 is 5.91 Å². The number of ether oxygens (including phenoxy) is 2. The molecule has 21 heavy (non-hydrogen) atoms. The van der Waals surface area contributed by atoms with Gasteiger partial charge in [0.25, 0.3) is 0 Å². The van der Waals surface area contributed by atoms with E-state index in [-0.39, 0.29) is 25.5 Å². The maximum absolute atomic E-state index is 11.8. The van der Waals surface area contributed by atoms with Crippen molar-refractivity contribution < 1.29 is 27.4 Å². The minimum Gasteiger partial charge on any atom is -0.496 e. The molecule has 1 aromatic carbocycles. The molecule has 0 aliphatic rings. The first-order valence-corrected chi connectivity index (χ1v) is 6.45. The van der Waals surface area contributed by atoms with Gasteiger partial charge in [-0.1, -0.05) is 18.2 Å². The Labute approximate surface area is 121 Å². The van der Waals surface area contributed by atoms with Crippen LogP contribution in [0.25, 0.3) is 0 Å². The average molecular weight is 305 g/mol. The standard InChI is InChI=1S/C14H18F3NO3/c1-20-12-6-3-2-5-11(12)9-13(19)18-7-4-8-21-10-14(15,16)17/h2-3,5-6H,4,7-10H2,1H3,(H,18,19). The molecule has 4 nitrogen and oxygen atoms in total. The van der Waals surface area contributed by atoms with Crippen molar-refractivity contribution in [1.29, 1.82) is 0 Å². The van der Waals surface area contributed by atoms with Crippen LogP contribution < -0.4 is 10.1 Å². The monoisotopic (exact) mass is 305 g/mol. The Morgan fingerprint density at radius 1 is 1.29 bits per heavy atom. The molecule has 0 atom stereocenters. The summed E-state index contributed by atoms with van der Waals surface area (Å²) in [4.78, 5) is 11.7. The van der Waals surface area contributed by atoms with Crippen LogP contribution in [0.1, 0.15) is 12.0 Å². The summed E-state index contributed by atoms with van der Waals surface area (Å²) >= 11 is 0. The topological polar surface area (TPSA) is 47.6 Å². The van der Waals surface area contributed by atoms with Crippen LogP contribution in [0.2, 0.25) is 0 Å². The predicted molar refractivity (Wildman–Crippen MR) is 71.2 cm³/mol. The van der Waals surface area contributed by atoms with Crippen LogP contribution in [0.5, 0.6) is 5.75 Å². The molecule has 0 aromatic heterocycles. The zero-order valence-corrected chi connectivity index (χ0v) is 11.7. The molecule has 0 radical (unpaired) electrons. The summed E-state index contributed by atoms with van der Waals surface area (Å²) in [7, 11) is 1.52. The molecule has 0 saturated heterocycles. The van der Waals surface area contributed by atoms with Gasteiger partial charge in [-0.05, 0) is 12.5 Å². The van der Waals surface area contributed by atoms with E-state index in [9.17, 15) is 18.0 Å². The van der Waals surface area contributed by atoms with Gasteiger partial charge in [0.15, 0.2) is 0 Å². The van der Waals surface area contributed by atoms with Crippen LogP contribution >= 0.6 is 0 Å². The van der Waals surface area contributed by atoms with Crippen LogP contribution in [0.4, 0.5) is 13.2 Å². The van der Waals surface area contributed by atoms with Crippen molar-refractivity contribution in [2.24, 2.45) is 0 Å². The third-order valence-corrected chi connectivity index (χ3v) is 2.60. The van der Waals surface area contributed by atoms with Crippen molar-refractivity contribution in [2.75, 3.05) is 26.9 Å². The van der Waals surface area contributed by atoms with Crippen molar-refractivity contribution in [3.8, 4) is 5.75 Å². The van der Waals surface area contributed by atoms with E-state index in [0.29, 0.717) is 12.2 Å². The Hall–Kier alpha value is -1.76. The summed E-state index contributed by atoms with van der Waals surface area (Å²) in [6, 6.07) is 7.15. The van der Waals surface area contributed by atoms with Crippen molar-refractivity contribution in [2.45, 2.75) is 19.0 Å². The number of amides is 1. The summed E-state index contributed by atoms with van der Waals surface area (Å²) in [5, 5.41) is 2.62. The van der Waals surface area contributed by atoms with Gasteiger partial charge in [-0.15, -0.1) is 0 Å². The fourth-order valence-corrected chi connectivity index (χ4v) is 1.67. The fourth-order valence-electron chi connectivity index (χ4n) is 1.67. The summed E-state index contributed by atoms with van der Waals surface area (Å²) < 4.78 is 45.0.